The van der Waals surface area contributed by atoms with E-state index in [4.69, 9.17) is 4.74 Å². The van der Waals surface area contributed by atoms with Crippen LogP contribution in [0.3, 0.4) is 0 Å². The predicted octanol–water partition coefficient (Wildman–Crippen LogP) is 2.77. The number of fused-ring (bicyclic) bond motifs is 1. The van der Waals surface area contributed by atoms with E-state index in [2.05, 4.69) is 15.0 Å². The Bertz CT molecular complexity index is 1190. The molecule has 8 nitrogen and oxygen atoms in total. The van der Waals surface area contributed by atoms with E-state index in [1.807, 2.05) is 17.6 Å². The monoisotopic (exact) mass is 412 g/mol. The van der Waals surface area contributed by atoms with Crippen LogP contribution in [-0.4, -0.2) is 36.7 Å². The van der Waals surface area contributed by atoms with Gasteiger partial charge >= 0.3 is 0 Å². The molecule has 1 amide bonds. The molecule has 1 aliphatic rings. The number of amides is 1. The van der Waals surface area contributed by atoms with Gasteiger partial charge in [0.05, 0.1) is 18.1 Å². The summed E-state index contributed by atoms with van der Waals surface area (Å²) >= 11 is 0. The van der Waals surface area contributed by atoms with Crippen LogP contribution in [-0.2, 0) is 16.6 Å². The van der Waals surface area contributed by atoms with Crippen LogP contribution in [0.1, 0.15) is 16.1 Å². The summed E-state index contributed by atoms with van der Waals surface area (Å²) in [4.78, 5) is 16.4. The van der Waals surface area contributed by atoms with Crippen molar-refractivity contribution in [3.8, 4) is 22.8 Å². The molecule has 1 aliphatic heterocycles. The number of rotatable bonds is 5. The summed E-state index contributed by atoms with van der Waals surface area (Å²) in [5.74, 6) is 0.959. The summed E-state index contributed by atoms with van der Waals surface area (Å²) in [7, 11) is -3.44. The van der Waals surface area contributed by atoms with E-state index in [1.54, 1.807) is 42.7 Å². The van der Waals surface area contributed by atoms with Crippen molar-refractivity contribution in [1.29, 1.82) is 0 Å². The molecule has 0 spiro atoms. The Morgan fingerprint density at radius 1 is 1.24 bits per heavy atom. The lowest BCUT2D eigenvalue weighted by molar-refractivity contribution is 0.0927. The number of sulfonamides is 1. The first-order valence-electron chi connectivity index (χ1n) is 9.00. The van der Waals surface area contributed by atoms with Gasteiger partial charge in [0.15, 0.2) is 0 Å². The fourth-order valence-electron chi connectivity index (χ4n) is 3.44. The van der Waals surface area contributed by atoms with E-state index < -0.39 is 10.0 Å². The number of nitrogens with zero attached hydrogens (tertiary/aromatic N) is 2. The van der Waals surface area contributed by atoms with Crippen LogP contribution in [0.25, 0.3) is 11.3 Å². The van der Waals surface area contributed by atoms with E-state index in [-0.39, 0.29) is 5.91 Å². The van der Waals surface area contributed by atoms with Gasteiger partial charge in [-0.3, -0.25) is 14.5 Å². The van der Waals surface area contributed by atoms with Gasteiger partial charge in [-0.05, 0) is 48.9 Å². The van der Waals surface area contributed by atoms with Gasteiger partial charge in [0.25, 0.3) is 5.91 Å². The maximum atomic E-state index is 12.3. The molecular formula is C20H20N4O4S. The molecule has 0 atom stereocenters. The highest BCUT2D eigenvalue weighted by molar-refractivity contribution is 7.92. The number of benzene rings is 1. The highest BCUT2D eigenvalue weighted by atomic mass is 32.2. The van der Waals surface area contributed by atoms with Crippen molar-refractivity contribution in [1.82, 2.24) is 14.9 Å². The number of pyridine rings is 1. The van der Waals surface area contributed by atoms with Gasteiger partial charge in [0.1, 0.15) is 17.2 Å². The summed E-state index contributed by atoms with van der Waals surface area (Å²) in [5.41, 5.74) is 3.30. The Kier molecular flexibility index (Phi) is 4.75. The molecule has 3 aromatic rings. The van der Waals surface area contributed by atoms with Crippen molar-refractivity contribution in [3.05, 3.63) is 60.0 Å². The van der Waals surface area contributed by atoms with Crippen LogP contribution in [0.2, 0.25) is 0 Å². The van der Waals surface area contributed by atoms with Gasteiger partial charge < -0.3 is 14.6 Å². The van der Waals surface area contributed by atoms with Crippen molar-refractivity contribution in [2.45, 2.75) is 13.5 Å². The lowest BCUT2D eigenvalue weighted by Crippen LogP contribution is -2.35. The maximum Gasteiger partial charge on any atom is 0.268 e. The number of carbonyl (C=O) groups excluding carboxylic acids is 1. The molecular weight excluding hydrogens is 392 g/mol. The van der Waals surface area contributed by atoms with Gasteiger partial charge in [0, 0.05) is 30.5 Å². The molecule has 0 aliphatic carbocycles. The Labute approximate surface area is 168 Å². The Morgan fingerprint density at radius 3 is 2.79 bits per heavy atom. The second-order valence-corrected chi connectivity index (χ2v) is 8.59. The summed E-state index contributed by atoms with van der Waals surface area (Å²) in [6.07, 6.45) is 4.34. The fourth-order valence-corrected chi connectivity index (χ4v) is 3.99. The third-order valence-corrected chi connectivity index (χ3v) is 5.15. The molecule has 9 heteroatoms. The fraction of sp³-hybridized carbons (Fsp3) is 0.200. The number of carbonyl (C=O) groups is 1. The highest BCUT2D eigenvalue weighted by Crippen LogP contribution is 2.38. The van der Waals surface area contributed by atoms with Crippen molar-refractivity contribution in [2.24, 2.45) is 0 Å². The topological polar surface area (TPSA) is 102 Å². The molecule has 4 rings (SSSR count). The number of anilines is 1. The zero-order chi connectivity index (χ0) is 20.6. The standard InChI is InChI=1S/C20H20N4O4S/c1-13-10-17(24-9-8-22-20(25)19(13)24)16-11-14(23-29(2,26)27)5-6-18(16)28-15-4-3-7-21-12-15/h3-7,10-12,23H,8-9H2,1-2H3,(H,22,25). The minimum absolute atomic E-state index is 0.125. The van der Waals surface area contributed by atoms with Crippen LogP contribution in [0, 0.1) is 6.92 Å². The van der Waals surface area contributed by atoms with E-state index >= 15 is 0 Å². The van der Waals surface area contributed by atoms with Gasteiger partial charge in [-0.2, -0.15) is 0 Å². The SMILES string of the molecule is Cc1cc(-c2cc(NS(C)(=O)=O)ccc2Oc2cccnc2)n2c1C(=O)NCC2. The minimum Gasteiger partial charge on any atom is -0.455 e. The molecule has 0 radical (unpaired) electrons. The molecule has 0 bridgehead atoms. The lowest BCUT2D eigenvalue weighted by Gasteiger charge is -2.20. The zero-order valence-electron chi connectivity index (χ0n) is 16.0. The highest BCUT2D eigenvalue weighted by Gasteiger charge is 2.25. The largest absolute Gasteiger partial charge is 0.455 e. The third-order valence-electron chi connectivity index (χ3n) is 4.54. The average molecular weight is 412 g/mol. The summed E-state index contributed by atoms with van der Waals surface area (Å²) in [6, 6.07) is 10.5. The van der Waals surface area contributed by atoms with Gasteiger partial charge in [0.2, 0.25) is 10.0 Å². The van der Waals surface area contributed by atoms with Crippen molar-refractivity contribution >= 4 is 21.6 Å². The Morgan fingerprint density at radius 2 is 2.07 bits per heavy atom. The number of hydrogen-bond acceptors (Lipinski definition) is 5. The first kappa shape index (κ1) is 19.0. The van der Waals surface area contributed by atoms with E-state index in [1.165, 1.54) is 0 Å². The first-order valence-corrected chi connectivity index (χ1v) is 10.9. The second kappa shape index (κ2) is 7.25. The number of hydrogen-bond donors (Lipinski definition) is 2. The van der Waals surface area contributed by atoms with Crippen LogP contribution >= 0.6 is 0 Å². The van der Waals surface area contributed by atoms with E-state index in [9.17, 15) is 13.2 Å². The third kappa shape index (κ3) is 3.95. The zero-order valence-corrected chi connectivity index (χ0v) is 16.8. The van der Waals surface area contributed by atoms with Crippen LogP contribution in [0.4, 0.5) is 5.69 Å². The number of nitrogens with one attached hydrogen (secondary N) is 2. The van der Waals surface area contributed by atoms with Crippen molar-refractivity contribution in [2.75, 3.05) is 17.5 Å². The van der Waals surface area contributed by atoms with Gasteiger partial charge in [-0.1, -0.05) is 0 Å². The van der Waals surface area contributed by atoms with Crippen molar-refractivity contribution in [3.63, 3.8) is 0 Å². The number of aromatic nitrogens is 2. The lowest BCUT2D eigenvalue weighted by atomic mass is 10.1. The average Bonchev–Trinajstić information content (AvgIpc) is 3.00. The van der Waals surface area contributed by atoms with E-state index in [0.29, 0.717) is 41.5 Å². The molecule has 1 aromatic carbocycles. The van der Waals surface area contributed by atoms with Gasteiger partial charge in [-0.15, -0.1) is 0 Å². The summed E-state index contributed by atoms with van der Waals surface area (Å²) in [6.45, 7) is 3.01. The Balaban J connectivity index is 1.86. The van der Waals surface area contributed by atoms with Crippen LogP contribution in [0.15, 0.2) is 48.8 Å². The Hall–Kier alpha value is -3.33. The molecule has 3 heterocycles. The van der Waals surface area contributed by atoms with E-state index in [0.717, 1.165) is 17.5 Å². The molecule has 0 unspecified atom stereocenters. The molecule has 0 saturated heterocycles. The quantitative estimate of drug-likeness (QED) is 0.671. The first-order chi connectivity index (χ1) is 13.8. The van der Waals surface area contributed by atoms with Crippen LogP contribution in [0.5, 0.6) is 11.5 Å². The maximum absolute atomic E-state index is 12.3. The molecule has 29 heavy (non-hydrogen) atoms. The molecule has 0 saturated carbocycles. The smallest absolute Gasteiger partial charge is 0.268 e. The van der Waals surface area contributed by atoms with Crippen LogP contribution < -0.4 is 14.8 Å². The summed E-state index contributed by atoms with van der Waals surface area (Å²) in [5, 5.41) is 2.85. The minimum atomic E-state index is -3.44. The molecule has 2 N–H and O–H groups in total. The number of aryl methyl sites for hydroxylation is 1. The molecule has 2 aromatic heterocycles. The molecule has 150 valence electrons. The molecule has 0 fully saturated rings. The predicted molar refractivity (Wildman–Crippen MR) is 110 cm³/mol. The summed E-state index contributed by atoms with van der Waals surface area (Å²) < 4.78 is 33.8. The van der Waals surface area contributed by atoms with Gasteiger partial charge in [-0.25, -0.2) is 8.42 Å². The number of ether oxygens (including phenoxy) is 1. The normalized spacial score (nSPS) is 13.5. The second-order valence-electron chi connectivity index (χ2n) is 6.84. The van der Waals surface area contributed by atoms with Crippen molar-refractivity contribution < 1.29 is 17.9 Å².